The lowest BCUT2D eigenvalue weighted by Gasteiger charge is -2.10. The molecular weight excluding hydrogens is 236 g/mol. The molecule has 1 saturated heterocycles. The second-order valence-corrected chi connectivity index (χ2v) is 5.02. The van der Waals surface area contributed by atoms with E-state index < -0.39 is 0 Å². The van der Waals surface area contributed by atoms with Crippen LogP contribution >= 0.6 is 0 Å². The molecule has 3 rings (SSSR count). The van der Waals surface area contributed by atoms with Gasteiger partial charge in [-0.3, -0.25) is 4.98 Å². The second kappa shape index (κ2) is 5.45. The number of aryl methyl sites for hydroxylation is 1. The fourth-order valence-electron chi connectivity index (χ4n) is 2.52. The minimum Gasteiger partial charge on any atom is -0.314 e. The number of nitrogens with one attached hydrogen (secondary N) is 1. The van der Waals surface area contributed by atoms with E-state index in [-0.39, 0.29) is 0 Å². The predicted molar refractivity (Wildman–Crippen MR) is 74.7 cm³/mol. The van der Waals surface area contributed by atoms with Crippen molar-refractivity contribution in [3.63, 3.8) is 0 Å². The van der Waals surface area contributed by atoms with E-state index in [0.717, 1.165) is 35.9 Å². The molecule has 0 radical (unpaired) electrons. The number of hydrogen-bond donors (Lipinski definition) is 1. The van der Waals surface area contributed by atoms with Crippen molar-refractivity contribution in [1.29, 1.82) is 0 Å². The van der Waals surface area contributed by atoms with Crippen LogP contribution in [0.1, 0.15) is 24.4 Å². The number of pyridine rings is 1. The van der Waals surface area contributed by atoms with Gasteiger partial charge in [0.2, 0.25) is 0 Å². The van der Waals surface area contributed by atoms with E-state index in [0.29, 0.717) is 6.04 Å². The summed E-state index contributed by atoms with van der Waals surface area (Å²) in [6.07, 6.45) is 5.17. The maximum absolute atomic E-state index is 4.65. The first-order valence-corrected chi connectivity index (χ1v) is 6.80. The Hall–Kier alpha value is -1.81. The van der Waals surface area contributed by atoms with Crippen LogP contribution in [0.3, 0.4) is 0 Å². The summed E-state index contributed by atoms with van der Waals surface area (Å²) in [6, 6.07) is 8.41. The molecule has 0 saturated carbocycles. The van der Waals surface area contributed by atoms with Crippen molar-refractivity contribution >= 4 is 0 Å². The van der Waals surface area contributed by atoms with Gasteiger partial charge >= 0.3 is 0 Å². The van der Waals surface area contributed by atoms with Crippen molar-refractivity contribution in [1.82, 2.24) is 20.3 Å². The van der Waals surface area contributed by atoms with Crippen molar-refractivity contribution in [2.75, 3.05) is 6.54 Å². The number of nitrogens with zero attached hydrogens (tertiary/aromatic N) is 3. The quantitative estimate of drug-likeness (QED) is 0.911. The number of aromatic nitrogens is 3. The van der Waals surface area contributed by atoms with E-state index >= 15 is 0 Å². The maximum Gasteiger partial charge on any atom is 0.130 e. The minimum atomic E-state index is 0.526. The molecule has 0 spiro atoms. The molecule has 1 aliphatic heterocycles. The fraction of sp³-hybridized carbons (Fsp3) is 0.400. The van der Waals surface area contributed by atoms with Crippen LogP contribution in [0.4, 0.5) is 0 Å². The number of hydrogen-bond acceptors (Lipinski definition) is 4. The largest absolute Gasteiger partial charge is 0.314 e. The predicted octanol–water partition coefficient (Wildman–Crippen LogP) is 2.14. The van der Waals surface area contributed by atoms with Crippen LogP contribution in [0.15, 0.2) is 30.5 Å². The Kier molecular flexibility index (Phi) is 3.51. The van der Waals surface area contributed by atoms with Crippen molar-refractivity contribution < 1.29 is 0 Å². The SMILES string of the molecule is Cc1cc(-c2ccccn2)nc(CC2CCCN2)n1. The molecule has 2 aromatic heterocycles. The first-order valence-electron chi connectivity index (χ1n) is 6.80. The van der Waals surface area contributed by atoms with E-state index in [4.69, 9.17) is 0 Å². The van der Waals surface area contributed by atoms with Gasteiger partial charge in [0.1, 0.15) is 5.82 Å². The Balaban J connectivity index is 1.87. The Morgan fingerprint density at radius 3 is 2.95 bits per heavy atom. The van der Waals surface area contributed by atoms with Crippen LogP contribution in [0.5, 0.6) is 0 Å². The zero-order valence-corrected chi connectivity index (χ0v) is 11.1. The molecule has 0 aromatic carbocycles. The van der Waals surface area contributed by atoms with Crippen LogP contribution in [-0.2, 0) is 6.42 Å². The normalized spacial score (nSPS) is 18.7. The molecular formula is C15H18N4. The van der Waals surface area contributed by atoms with Crippen molar-refractivity contribution in [2.24, 2.45) is 0 Å². The molecule has 1 unspecified atom stereocenters. The lowest BCUT2D eigenvalue weighted by atomic mass is 10.1. The van der Waals surface area contributed by atoms with Crippen LogP contribution < -0.4 is 5.32 Å². The van der Waals surface area contributed by atoms with Gasteiger partial charge in [0.15, 0.2) is 0 Å². The molecule has 98 valence electrons. The van der Waals surface area contributed by atoms with Gasteiger partial charge in [0.25, 0.3) is 0 Å². The third kappa shape index (κ3) is 2.96. The summed E-state index contributed by atoms with van der Waals surface area (Å²) in [4.78, 5) is 13.6. The first kappa shape index (κ1) is 12.2. The van der Waals surface area contributed by atoms with E-state index in [9.17, 15) is 0 Å². The molecule has 1 N–H and O–H groups in total. The average Bonchev–Trinajstić information content (AvgIpc) is 2.92. The summed E-state index contributed by atoms with van der Waals surface area (Å²) in [5.41, 5.74) is 2.83. The minimum absolute atomic E-state index is 0.526. The maximum atomic E-state index is 4.65. The molecule has 1 fully saturated rings. The van der Waals surface area contributed by atoms with Gasteiger partial charge in [-0.2, -0.15) is 0 Å². The number of rotatable bonds is 3. The molecule has 19 heavy (non-hydrogen) atoms. The molecule has 1 atom stereocenters. The first-order chi connectivity index (χ1) is 9.31. The highest BCUT2D eigenvalue weighted by atomic mass is 15.0. The third-order valence-electron chi connectivity index (χ3n) is 3.42. The molecule has 4 heteroatoms. The molecule has 4 nitrogen and oxygen atoms in total. The summed E-state index contributed by atoms with van der Waals surface area (Å²) in [6.45, 7) is 3.13. The highest BCUT2D eigenvalue weighted by Crippen LogP contribution is 2.16. The van der Waals surface area contributed by atoms with Gasteiger partial charge in [-0.15, -0.1) is 0 Å². The van der Waals surface area contributed by atoms with E-state index in [1.807, 2.05) is 31.2 Å². The monoisotopic (exact) mass is 254 g/mol. The van der Waals surface area contributed by atoms with Crippen molar-refractivity contribution in [3.8, 4) is 11.4 Å². The van der Waals surface area contributed by atoms with Gasteiger partial charge in [-0.1, -0.05) is 6.07 Å². The summed E-state index contributed by atoms with van der Waals surface area (Å²) in [7, 11) is 0. The molecule has 1 aliphatic rings. The topological polar surface area (TPSA) is 50.7 Å². The van der Waals surface area contributed by atoms with E-state index in [1.165, 1.54) is 12.8 Å². The van der Waals surface area contributed by atoms with Gasteiger partial charge in [0, 0.05) is 24.4 Å². The molecule has 0 aliphatic carbocycles. The standard InChI is InChI=1S/C15H18N4/c1-11-9-14(13-6-2-3-7-17-13)19-15(18-11)10-12-5-4-8-16-12/h2-3,6-7,9,12,16H,4-5,8,10H2,1H3. The van der Waals surface area contributed by atoms with Crippen LogP contribution in [-0.4, -0.2) is 27.5 Å². The Labute approximate surface area is 113 Å². The zero-order valence-electron chi connectivity index (χ0n) is 11.1. The summed E-state index contributed by atoms with van der Waals surface area (Å²) in [5.74, 6) is 0.917. The molecule has 0 bridgehead atoms. The van der Waals surface area contributed by atoms with Crippen LogP contribution in [0.2, 0.25) is 0 Å². The van der Waals surface area contributed by atoms with Gasteiger partial charge < -0.3 is 5.32 Å². The van der Waals surface area contributed by atoms with E-state index in [1.54, 1.807) is 6.20 Å². The van der Waals surface area contributed by atoms with Crippen LogP contribution in [0.25, 0.3) is 11.4 Å². The van der Waals surface area contributed by atoms with Gasteiger partial charge in [-0.05, 0) is 44.5 Å². The highest BCUT2D eigenvalue weighted by Gasteiger charge is 2.16. The van der Waals surface area contributed by atoms with Crippen molar-refractivity contribution in [3.05, 3.63) is 42.0 Å². The average molecular weight is 254 g/mol. The lowest BCUT2D eigenvalue weighted by molar-refractivity contribution is 0.584. The summed E-state index contributed by atoms with van der Waals surface area (Å²) < 4.78 is 0. The van der Waals surface area contributed by atoms with Crippen molar-refractivity contribution in [2.45, 2.75) is 32.2 Å². The lowest BCUT2D eigenvalue weighted by Crippen LogP contribution is -2.24. The van der Waals surface area contributed by atoms with Crippen LogP contribution in [0, 0.1) is 6.92 Å². The second-order valence-electron chi connectivity index (χ2n) is 5.02. The third-order valence-corrected chi connectivity index (χ3v) is 3.42. The zero-order chi connectivity index (χ0) is 13.1. The van der Waals surface area contributed by atoms with Gasteiger partial charge in [-0.25, -0.2) is 9.97 Å². The smallest absolute Gasteiger partial charge is 0.130 e. The highest BCUT2D eigenvalue weighted by molar-refractivity contribution is 5.53. The summed E-state index contributed by atoms with van der Waals surface area (Å²) >= 11 is 0. The van der Waals surface area contributed by atoms with Gasteiger partial charge in [0.05, 0.1) is 11.4 Å². The Bertz CT molecular complexity index is 547. The molecule has 3 heterocycles. The summed E-state index contributed by atoms with van der Waals surface area (Å²) in [5, 5.41) is 3.49. The Morgan fingerprint density at radius 2 is 2.21 bits per heavy atom. The Morgan fingerprint density at radius 1 is 1.26 bits per heavy atom. The molecule has 2 aromatic rings. The molecule has 0 amide bonds. The fourth-order valence-corrected chi connectivity index (χ4v) is 2.52. The van der Waals surface area contributed by atoms with E-state index in [2.05, 4.69) is 20.3 Å².